The molecule has 0 bridgehead atoms. The number of benzene rings is 3. The first kappa shape index (κ1) is 16.7. The minimum Gasteiger partial charge on any atom is -0.423 e. The van der Waals surface area contributed by atoms with Crippen LogP contribution in [0.15, 0.2) is 84.9 Å². The Hall–Kier alpha value is -3.20. The zero-order valence-electron chi connectivity index (χ0n) is 13.8. The molecule has 0 aliphatic rings. The van der Waals surface area contributed by atoms with Crippen molar-refractivity contribution in [1.29, 1.82) is 0 Å². The fourth-order valence-electron chi connectivity index (χ4n) is 2.46. The number of esters is 1. The van der Waals surface area contributed by atoms with Gasteiger partial charge in [0.2, 0.25) is 0 Å². The Labute approximate surface area is 146 Å². The highest BCUT2D eigenvalue weighted by Gasteiger charge is 2.10. The Balaban J connectivity index is 1.84. The summed E-state index contributed by atoms with van der Waals surface area (Å²) in [6.07, 6.45) is 0. The van der Waals surface area contributed by atoms with E-state index in [0.29, 0.717) is 5.56 Å². The predicted octanol–water partition coefficient (Wildman–Crippen LogP) is 5.64. The molecular weight excluding hydrogens is 315 g/mol. The molecule has 0 saturated heterocycles. The van der Waals surface area contributed by atoms with Crippen molar-refractivity contribution in [2.75, 3.05) is 0 Å². The van der Waals surface area contributed by atoms with E-state index in [4.69, 9.17) is 4.74 Å². The van der Waals surface area contributed by atoms with Gasteiger partial charge in [-0.05, 0) is 35.7 Å². The van der Waals surface area contributed by atoms with Crippen LogP contribution < -0.4 is 4.74 Å². The summed E-state index contributed by atoms with van der Waals surface area (Å²) < 4.78 is 19.4. The minimum atomic E-state index is -0.570. The van der Waals surface area contributed by atoms with Crippen molar-refractivity contribution in [1.82, 2.24) is 0 Å². The van der Waals surface area contributed by atoms with E-state index in [0.717, 1.165) is 16.7 Å². The number of carbonyl (C=O) groups excluding carboxylic acids is 1. The molecule has 3 aromatic carbocycles. The molecule has 25 heavy (non-hydrogen) atoms. The lowest BCUT2D eigenvalue weighted by atomic mass is 10.00. The normalized spacial score (nSPS) is 10.3. The average molecular weight is 332 g/mol. The maximum atomic E-state index is 14.4. The number of carbonyl (C=O) groups is 1. The fourth-order valence-corrected chi connectivity index (χ4v) is 2.46. The summed E-state index contributed by atoms with van der Waals surface area (Å²) in [4.78, 5) is 11.5. The van der Waals surface area contributed by atoms with Crippen LogP contribution in [0.1, 0.15) is 6.92 Å². The molecule has 0 atom stereocenters. The highest BCUT2D eigenvalue weighted by Crippen LogP contribution is 2.29. The monoisotopic (exact) mass is 332 g/mol. The first-order chi connectivity index (χ1) is 12.0. The maximum absolute atomic E-state index is 14.4. The fraction of sp³-hybridized carbons (Fsp3) is 0.0455. The van der Waals surface area contributed by atoms with Crippen LogP contribution in [0.25, 0.3) is 22.3 Å². The highest BCUT2D eigenvalue weighted by atomic mass is 19.1. The van der Waals surface area contributed by atoms with Gasteiger partial charge in [-0.3, -0.25) is 0 Å². The predicted molar refractivity (Wildman–Crippen MR) is 97.7 cm³/mol. The molecule has 0 aliphatic carbocycles. The van der Waals surface area contributed by atoms with Crippen LogP contribution in [-0.4, -0.2) is 5.97 Å². The van der Waals surface area contributed by atoms with E-state index in [2.05, 4.69) is 6.58 Å². The Morgan fingerprint density at radius 3 is 2.08 bits per heavy atom. The van der Waals surface area contributed by atoms with E-state index in [1.807, 2.05) is 54.6 Å². The second kappa shape index (κ2) is 7.14. The van der Waals surface area contributed by atoms with Gasteiger partial charge in [0.25, 0.3) is 0 Å². The van der Waals surface area contributed by atoms with Crippen molar-refractivity contribution in [3.8, 4) is 28.0 Å². The summed E-state index contributed by atoms with van der Waals surface area (Å²) in [7, 11) is 0. The van der Waals surface area contributed by atoms with Gasteiger partial charge in [-0.25, -0.2) is 9.18 Å². The van der Waals surface area contributed by atoms with Crippen LogP contribution >= 0.6 is 0 Å². The quantitative estimate of drug-likeness (QED) is 0.351. The van der Waals surface area contributed by atoms with Crippen molar-refractivity contribution in [3.63, 3.8) is 0 Å². The largest absolute Gasteiger partial charge is 0.423 e. The Kier molecular flexibility index (Phi) is 4.75. The zero-order valence-corrected chi connectivity index (χ0v) is 13.8. The average Bonchev–Trinajstić information content (AvgIpc) is 2.63. The molecule has 0 radical (unpaired) electrons. The van der Waals surface area contributed by atoms with Gasteiger partial charge in [0, 0.05) is 17.2 Å². The number of ether oxygens (including phenoxy) is 1. The molecule has 3 heteroatoms. The van der Waals surface area contributed by atoms with Crippen LogP contribution in [-0.2, 0) is 4.79 Å². The SMILES string of the molecule is C=C(C)C(=O)Oc1ccc(-c2ccc(-c3ccccc3)cc2)c(F)c1. The van der Waals surface area contributed by atoms with Gasteiger partial charge in [0.05, 0.1) is 0 Å². The van der Waals surface area contributed by atoms with Crippen molar-refractivity contribution in [3.05, 3.63) is 90.8 Å². The van der Waals surface area contributed by atoms with Gasteiger partial charge in [-0.2, -0.15) is 0 Å². The van der Waals surface area contributed by atoms with Crippen molar-refractivity contribution >= 4 is 5.97 Å². The zero-order chi connectivity index (χ0) is 17.8. The van der Waals surface area contributed by atoms with E-state index in [9.17, 15) is 9.18 Å². The smallest absolute Gasteiger partial charge is 0.338 e. The standard InChI is InChI=1S/C22H17FO2/c1-15(2)22(24)25-19-12-13-20(21(23)14-19)18-10-8-17(9-11-18)16-6-4-3-5-7-16/h3-14H,1H2,2H3. The van der Waals surface area contributed by atoms with Crippen LogP contribution in [0.3, 0.4) is 0 Å². The summed E-state index contributed by atoms with van der Waals surface area (Å²) in [5.41, 5.74) is 3.65. The molecule has 0 aromatic heterocycles. The highest BCUT2D eigenvalue weighted by molar-refractivity contribution is 5.88. The third kappa shape index (κ3) is 3.83. The number of rotatable bonds is 4. The number of hydrogen-bond acceptors (Lipinski definition) is 2. The first-order valence-corrected chi connectivity index (χ1v) is 7.87. The van der Waals surface area contributed by atoms with Gasteiger partial charge in [0.15, 0.2) is 0 Å². The summed E-state index contributed by atoms with van der Waals surface area (Å²) >= 11 is 0. The van der Waals surface area contributed by atoms with Crippen molar-refractivity contribution < 1.29 is 13.9 Å². The summed E-state index contributed by atoms with van der Waals surface area (Å²) in [6.45, 7) is 5.05. The van der Waals surface area contributed by atoms with Crippen molar-refractivity contribution in [2.45, 2.75) is 6.92 Å². The van der Waals surface area contributed by atoms with E-state index < -0.39 is 11.8 Å². The molecular formula is C22H17FO2. The van der Waals surface area contributed by atoms with Gasteiger partial charge < -0.3 is 4.74 Å². The molecule has 2 nitrogen and oxygen atoms in total. The summed E-state index contributed by atoms with van der Waals surface area (Å²) in [5, 5.41) is 0. The van der Waals surface area contributed by atoms with E-state index in [1.54, 1.807) is 19.1 Å². The molecule has 3 rings (SSSR count). The topological polar surface area (TPSA) is 26.3 Å². The molecule has 3 aromatic rings. The second-order valence-corrected chi connectivity index (χ2v) is 5.75. The van der Waals surface area contributed by atoms with Crippen LogP contribution in [0.4, 0.5) is 4.39 Å². The Morgan fingerprint density at radius 2 is 1.48 bits per heavy atom. The molecule has 124 valence electrons. The number of hydrogen-bond donors (Lipinski definition) is 0. The van der Waals surface area contributed by atoms with E-state index in [1.165, 1.54) is 6.07 Å². The lowest BCUT2D eigenvalue weighted by Crippen LogP contribution is -2.08. The Morgan fingerprint density at radius 1 is 0.880 bits per heavy atom. The lowest BCUT2D eigenvalue weighted by molar-refractivity contribution is -0.130. The van der Waals surface area contributed by atoms with Gasteiger partial charge in [0.1, 0.15) is 11.6 Å². The van der Waals surface area contributed by atoms with E-state index in [-0.39, 0.29) is 11.3 Å². The molecule has 0 spiro atoms. The third-order valence-electron chi connectivity index (χ3n) is 3.80. The van der Waals surface area contributed by atoms with Gasteiger partial charge in [-0.15, -0.1) is 0 Å². The molecule has 0 fully saturated rings. The lowest BCUT2D eigenvalue weighted by Gasteiger charge is -2.08. The summed E-state index contributed by atoms with van der Waals surface area (Å²) in [6, 6.07) is 22.0. The second-order valence-electron chi connectivity index (χ2n) is 5.75. The minimum absolute atomic E-state index is 0.162. The van der Waals surface area contributed by atoms with Crippen molar-refractivity contribution in [2.24, 2.45) is 0 Å². The molecule has 0 saturated carbocycles. The Bertz CT molecular complexity index is 913. The van der Waals surface area contributed by atoms with E-state index >= 15 is 0 Å². The van der Waals surface area contributed by atoms with Gasteiger partial charge in [-0.1, -0.05) is 61.2 Å². The molecule has 0 aliphatic heterocycles. The maximum Gasteiger partial charge on any atom is 0.338 e. The number of halogens is 1. The molecule has 0 unspecified atom stereocenters. The molecule has 0 heterocycles. The third-order valence-corrected chi connectivity index (χ3v) is 3.80. The molecule has 0 N–H and O–H groups in total. The van der Waals surface area contributed by atoms with Crippen LogP contribution in [0.5, 0.6) is 5.75 Å². The van der Waals surface area contributed by atoms with Crippen LogP contribution in [0, 0.1) is 5.82 Å². The van der Waals surface area contributed by atoms with Gasteiger partial charge >= 0.3 is 5.97 Å². The summed E-state index contributed by atoms with van der Waals surface area (Å²) in [5.74, 6) is -0.853. The molecule has 0 amide bonds. The first-order valence-electron chi connectivity index (χ1n) is 7.87. The van der Waals surface area contributed by atoms with Crippen LogP contribution in [0.2, 0.25) is 0 Å².